The second-order valence-electron chi connectivity index (χ2n) is 19.0. The van der Waals surface area contributed by atoms with Gasteiger partial charge in [-0.05, 0) is 92.1 Å². The highest BCUT2D eigenvalue weighted by Crippen LogP contribution is 2.36. The van der Waals surface area contributed by atoms with Gasteiger partial charge >= 0.3 is 0 Å². The van der Waals surface area contributed by atoms with Crippen molar-refractivity contribution in [2.75, 3.05) is 10.6 Å². The SMILES string of the molecule is CC(C)c1cccc(C(C)C)c1NC(=O)[C@@H]1Cc2ccccc2CN1Cc1ccccc1.CC(C)c1cccc(C(C)C)c1NC(=O)[C@@H]1Cc2ccccc2CN1Cc1ccccc1. The molecule has 6 heteroatoms. The molecule has 2 atom stereocenters. The zero-order chi connectivity index (χ0) is 45.3. The van der Waals surface area contributed by atoms with Crippen molar-refractivity contribution in [3.63, 3.8) is 0 Å². The van der Waals surface area contributed by atoms with Crippen molar-refractivity contribution in [3.05, 3.63) is 201 Å². The molecule has 6 nitrogen and oxygen atoms in total. The van der Waals surface area contributed by atoms with E-state index in [-0.39, 0.29) is 23.9 Å². The zero-order valence-electron chi connectivity index (χ0n) is 39.3. The highest BCUT2D eigenvalue weighted by atomic mass is 16.2. The summed E-state index contributed by atoms with van der Waals surface area (Å²) in [5.41, 5.74) is 14.5. The van der Waals surface area contributed by atoms with Gasteiger partial charge in [-0.2, -0.15) is 0 Å². The molecule has 2 aliphatic rings. The van der Waals surface area contributed by atoms with Gasteiger partial charge in [0.1, 0.15) is 0 Å². The van der Waals surface area contributed by atoms with Crippen molar-refractivity contribution in [1.82, 2.24) is 9.80 Å². The number of amides is 2. The van der Waals surface area contributed by atoms with Crippen LogP contribution in [0.3, 0.4) is 0 Å². The van der Waals surface area contributed by atoms with E-state index in [1.807, 2.05) is 12.1 Å². The molecule has 8 rings (SSSR count). The van der Waals surface area contributed by atoms with Crippen LogP contribution in [-0.4, -0.2) is 33.7 Å². The lowest BCUT2D eigenvalue weighted by Gasteiger charge is -2.36. The Balaban J connectivity index is 0.000000191. The Bertz CT molecular complexity index is 2270. The maximum absolute atomic E-state index is 13.8. The van der Waals surface area contributed by atoms with Crippen molar-refractivity contribution >= 4 is 23.2 Å². The third-order valence-corrected chi connectivity index (χ3v) is 13.0. The normalized spacial score (nSPS) is 16.2. The first kappa shape index (κ1) is 46.2. The predicted octanol–water partition coefficient (Wildman–Crippen LogP) is 13.0. The Hall–Kier alpha value is -5.82. The summed E-state index contributed by atoms with van der Waals surface area (Å²) in [6, 6.07) is 50.3. The summed E-state index contributed by atoms with van der Waals surface area (Å²) in [6.07, 6.45) is 1.46. The Morgan fingerprint density at radius 3 is 1.03 bits per heavy atom. The van der Waals surface area contributed by atoms with E-state index in [2.05, 4.69) is 209 Å². The fraction of sp³-hybridized carbons (Fsp3) is 0.345. The van der Waals surface area contributed by atoms with Gasteiger partial charge in [0.15, 0.2) is 0 Å². The smallest absolute Gasteiger partial charge is 0.242 e. The van der Waals surface area contributed by atoms with Crippen LogP contribution in [0.2, 0.25) is 0 Å². The summed E-state index contributed by atoms with van der Waals surface area (Å²) < 4.78 is 0. The second kappa shape index (κ2) is 21.2. The molecule has 0 unspecified atom stereocenters. The molecule has 0 bridgehead atoms. The molecule has 0 saturated heterocycles. The van der Waals surface area contributed by atoms with Crippen LogP contribution in [-0.2, 0) is 48.6 Å². The van der Waals surface area contributed by atoms with Crippen molar-refractivity contribution in [1.29, 1.82) is 0 Å². The van der Waals surface area contributed by atoms with Crippen LogP contribution >= 0.6 is 0 Å². The van der Waals surface area contributed by atoms with E-state index < -0.39 is 0 Å². The molecular weight excluding hydrogens is 785 g/mol. The lowest BCUT2D eigenvalue weighted by molar-refractivity contribution is -0.122. The van der Waals surface area contributed by atoms with E-state index in [1.165, 1.54) is 55.6 Å². The molecule has 2 N–H and O–H groups in total. The molecular formula is C58H68N4O2. The lowest BCUT2D eigenvalue weighted by Crippen LogP contribution is -2.47. The van der Waals surface area contributed by atoms with E-state index in [9.17, 15) is 9.59 Å². The molecule has 0 aliphatic carbocycles. The summed E-state index contributed by atoms with van der Waals surface area (Å²) in [7, 11) is 0. The largest absolute Gasteiger partial charge is 0.324 e. The van der Waals surface area contributed by atoms with Gasteiger partial charge in [0.2, 0.25) is 11.8 Å². The Morgan fingerprint density at radius 2 is 0.719 bits per heavy atom. The minimum atomic E-state index is -0.203. The molecule has 0 saturated carbocycles. The zero-order valence-corrected chi connectivity index (χ0v) is 39.3. The van der Waals surface area contributed by atoms with Gasteiger partial charge in [0.05, 0.1) is 12.1 Å². The van der Waals surface area contributed by atoms with Crippen molar-refractivity contribution in [3.8, 4) is 0 Å². The number of carbonyl (C=O) groups is 2. The maximum Gasteiger partial charge on any atom is 0.242 e. The van der Waals surface area contributed by atoms with Gasteiger partial charge in [-0.3, -0.25) is 19.4 Å². The third kappa shape index (κ3) is 11.1. The quantitative estimate of drug-likeness (QED) is 0.129. The standard InChI is InChI=1S/2C29H34N2O/c2*1-20(2)25-15-10-16-26(21(3)4)28(25)30-29(32)27-17-23-13-8-9-14-24(23)19-31(27)18-22-11-6-5-7-12-22/h2*5-16,20-21,27H,17-19H2,1-4H3,(H,30,32)/t2*27-/m00/s1. The predicted molar refractivity (Wildman–Crippen MR) is 266 cm³/mol. The highest BCUT2D eigenvalue weighted by molar-refractivity contribution is 5.97. The molecule has 64 heavy (non-hydrogen) atoms. The lowest BCUT2D eigenvalue weighted by atomic mass is 9.91. The average Bonchev–Trinajstić information content (AvgIpc) is 3.29. The summed E-state index contributed by atoms with van der Waals surface area (Å²) in [5.74, 6) is 1.55. The van der Waals surface area contributed by atoms with Crippen LogP contribution < -0.4 is 10.6 Å². The number of anilines is 2. The number of para-hydroxylation sites is 2. The van der Waals surface area contributed by atoms with Crippen LogP contribution in [0, 0.1) is 0 Å². The van der Waals surface area contributed by atoms with E-state index in [0.29, 0.717) is 23.7 Å². The number of nitrogens with one attached hydrogen (secondary N) is 2. The van der Waals surface area contributed by atoms with Gasteiger partial charge in [-0.1, -0.05) is 201 Å². The number of nitrogens with zero attached hydrogens (tertiary/aromatic N) is 2. The molecule has 0 spiro atoms. The van der Waals surface area contributed by atoms with Crippen molar-refractivity contribution in [2.45, 2.75) is 130 Å². The maximum atomic E-state index is 13.8. The first-order valence-corrected chi connectivity index (χ1v) is 23.4. The van der Waals surface area contributed by atoms with Crippen LogP contribution in [0.5, 0.6) is 0 Å². The summed E-state index contributed by atoms with van der Waals surface area (Å²) in [6.45, 7) is 20.6. The van der Waals surface area contributed by atoms with Crippen LogP contribution in [0.4, 0.5) is 11.4 Å². The van der Waals surface area contributed by atoms with Gasteiger partial charge < -0.3 is 10.6 Å². The molecule has 2 heterocycles. The fourth-order valence-electron chi connectivity index (χ4n) is 9.44. The van der Waals surface area contributed by atoms with Crippen LogP contribution in [0.25, 0.3) is 0 Å². The number of hydrogen-bond acceptors (Lipinski definition) is 4. The third-order valence-electron chi connectivity index (χ3n) is 13.0. The summed E-state index contributed by atoms with van der Waals surface area (Å²) in [4.78, 5) is 32.2. The first-order chi connectivity index (χ1) is 30.9. The number of benzene rings is 6. The molecule has 0 radical (unpaired) electrons. The number of fused-ring (bicyclic) bond motifs is 2. The summed E-state index contributed by atoms with van der Waals surface area (Å²) in [5, 5.41) is 6.76. The average molecular weight is 853 g/mol. The highest BCUT2D eigenvalue weighted by Gasteiger charge is 2.34. The van der Waals surface area contributed by atoms with Gasteiger partial charge in [-0.25, -0.2) is 0 Å². The van der Waals surface area contributed by atoms with E-state index >= 15 is 0 Å². The number of rotatable bonds is 12. The van der Waals surface area contributed by atoms with Gasteiger partial charge in [0, 0.05) is 37.6 Å². The van der Waals surface area contributed by atoms with E-state index in [0.717, 1.165) is 50.4 Å². The Kier molecular flexibility index (Phi) is 15.3. The Labute approximate surface area is 383 Å². The summed E-state index contributed by atoms with van der Waals surface area (Å²) >= 11 is 0. The van der Waals surface area contributed by atoms with Crippen LogP contribution in [0.1, 0.15) is 135 Å². The monoisotopic (exact) mass is 853 g/mol. The fourth-order valence-corrected chi connectivity index (χ4v) is 9.44. The molecule has 0 aromatic heterocycles. The molecule has 6 aromatic carbocycles. The van der Waals surface area contributed by atoms with Crippen molar-refractivity contribution < 1.29 is 9.59 Å². The van der Waals surface area contributed by atoms with Gasteiger partial charge in [0.25, 0.3) is 0 Å². The first-order valence-electron chi connectivity index (χ1n) is 23.4. The molecule has 0 fully saturated rings. The minimum absolute atomic E-state index is 0.0884. The molecule has 2 aliphatic heterocycles. The molecule has 332 valence electrons. The van der Waals surface area contributed by atoms with E-state index in [4.69, 9.17) is 0 Å². The van der Waals surface area contributed by atoms with Gasteiger partial charge in [-0.15, -0.1) is 0 Å². The number of carbonyl (C=O) groups excluding carboxylic acids is 2. The molecule has 6 aromatic rings. The topological polar surface area (TPSA) is 64.7 Å². The van der Waals surface area contributed by atoms with E-state index in [1.54, 1.807) is 0 Å². The number of hydrogen-bond donors (Lipinski definition) is 2. The molecule has 2 amide bonds. The minimum Gasteiger partial charge on any atom is -0.324 e. The Morgan fingerprint density at radius 1 is 0.422 bits per heavy atom. The van der Waals surface area contributed by atoms with Crippen molar-refractivity contribution in [2.24, 2.45) is 0 Å². The van der Waals surface area contributed by atoms with Crippen LogP contribution in [0.15, 0.2) is 146 Å². The second-order valence-corrected chi connectivity index (χ2v) is 19.0.